The molecule has 3 heteroatoms. The van der Waals surface area contributed by atoms with Gasteiger partial charge in [0.25, 0.3) is 0 Å². The minimum absolute atomic E-state index is 0.840. The maximum absolute atomic E-state index is 9.17. The number of benzene rings is 1. The summed E-state index contributed by atoms with van der Waals surface area (Å²) in [5.41, 5.74) is -2.66. The molecule has 0 aromatic heterocycles. The molecular weight excluding hydrogens is 139 g/mol. The van der Waals surface area contributed by atoms with Crippen molar-refractivity contribution >= 4 is 12.6 Å². The summed E-state index contributed by atoms with van der Waals surface area (Å²) in [6, 6.07) is -2.83. The zero-order valence-corrected chi connectivity index (χ0v) is 5.47. The highest BCUT2D eigenvalue weighted by atomic mass is 16.4. The molecule has 1 aromatic rings. The van der Waals surface area contributed by atoms with Crippen molar-refractivity contribution in [3.63, 3.8) is 0 Å². The summed E-state index contributed by atoms with van der Waals surface area (Å²) in [5, 5.41) is 18.3. The molecule has 0 radical (unpaired) electrons. The van der Waals surface area contributed by atoms with Crippen LogP contribution in [0.4, 0.5) is 0 Å². The van der Waals surface area contributed by atoms with E-state index in [0.29, 0.717) is 0 Å². The Balaban J connectivity index is 3.95. The monoisotopic (exact) mass is 159 g/mol. The van der Waals surface area contributed by atoms with E-state index >= 15 is 0 Å². The van der Waals surface area contributed by atoms with Crippen molar-refractivity contribution in [3.8, 4) is 0 Å². The maximum atomic E-state index is 9.17. The van der Waals surface area contributed by atoms with Crippen LogP contribution in [-0.2, 0) is 0 Å². The van der Waals surface area contributed by atoms with E-state index in [1.165, 1.54) is 0 Å². The van der Waals surface area contributed by atoms with E-state index in [4.69, 9.17) is 22.4 Å². The summed E-state index contributed by atoms with van der Waals surface area (Å²) in [7, 11) is -2.39. The Bertz CT molecular complexity index is 534. The van der Waals surface area contributed by atoms with Gasteiger partial charge in [-0.05, 0) is 19.2 Å². The molecule has 0 fully saturated rings. The molecule has 1 rings (SSSR count). The van der Waals surface area contributed by atoms with Gasteiger partial charge in [-0.15, -0.1) is 0 Å². The van der Waals surface area contributed by atoms with Crippen LogP contribution in [0.25, 0.3) is 0 Å². The van der Waals surface area contributed by atoms with Crippen molar-refractivity contribution in [1.29, 1.82) is 0 Å². The first kappa shape index (κ1) is 2.34. The van der Waals surface area contributed by atoms with Crippen LogP contribution in [-0.4, -0.2) is 17.2 Å². The Morgan fingerprint density at radius 1 is 1.45 bits per heavy atom. The third-order valence-corrected chi connectivity index (χ3v) is 1.10. The fraction of sp³-hybridized carbons (Fsp3) is 0.250. The molecule has 0 amide bonds. The maximum Gasteiger partial charge on any atom is 0.488 e. The van der Waals surface area contributed by atoms with Crippen molar-refractivity contribution in [2.75, 3.05) is 0 Å². The molecule has 2 nitrogen and oxygen atoms in total. The lowest BCUT2D eigenvalue weighted by Gasteiger charge is -2.04. The fourth-order valence-electron chi connectivity index (χ4n) is 0.610. The van der Waals surface area contributed by atoms with Crippen molar-refractivity contribution in [2.45, 2.75) is 13.7 Å². The lowest BCUT2D eigenvalue weighted by Crippen LogP contribution is -2.31. The molecule has 0 spiro atoms. The second-order valence-electron chi connectivity index (χ2n) is 1.91. The van der Waals surface area contributed by atoms with Gasteiger partial charge in [0, 0.05) is 8.22 Å². The molecule has 0 bridgehead atoms. The van der Waals surface area contributed by atoms with E-state index in [1.807, 2.05) is 0 Å². The minimum atomic E-state index is -3.01. The van der Waals surface area contributed by atoms with Crippen LogP contribution in [0.1, 0.15) is 23.5 Å². The molecule has 0 saturated carbocycles. The second kappa shape index (κ2) is 3.07. The number of hydrogen-bond donors (Lipinski definition) is 2. The third-order valence-electron chi connectivity index (χ3n) is 1.10. The highest BCUT2D eigenvalue weighted by Gasteiger charge is 2.12. The Morgan fingerprint density at radius 3 is 2.82 bits per heavy atom. The van der Waals surface area contributed by atoms with Crippen LogP contribution in [0.3, 0.4) is 0 Å². The first-order chi connectivity index (χ1) is 8.80. The SMILES string of the molecule is [2H]c1c([2H])c(C([2H])([2H])[2H])c([2H])c(C([2H])([2H])[2H])c1B(O)O. The Kier molecular flexibility index (Phi) is 0.655. The lowest BCUT2D eigenvalue weighted by molar-refractivity contribution is 0.425. The van der Waals surface area contributed by atoms with Crippen LogP contribution < -0.4 is 5.46 Å². The van der Waals surface area contributed by atoms with E-state index in [9.17, 15) is 0 Å². The van der Waals surface area contributed by atoms with E-state index in [1.54, 1.807) is 0 Å². The van der Waals surface area contributed by atoms with Crippen LogP contribution in [0, 0.1) is 13.7 Å². The largest absolute Gasteiger partial charge is 0.488 e. The third kappa shape index (κ3) is 1.82. The predicted octanol–water partition coefficient (Wildman–Crippen LogP) is -0.0168. The van der Waals surface area contributed by atoms with E-state index < -0.39 is 55.5 Å². The van der Waals surface area contributed by atoms with Crippen molar-refractivity contribution in [3.05, 3.63) is 29.3 Å². The lowest BCUT2D eigenvalue weighted by atomic mass is 9.77. The second-order valence-corrected chi connectivity index (χ2v) is 1.91. The van der Waals surface area contributed by atoms with Gasteiger partial charge >= 0.3 is 7.12 Å². The van der Waals surface area contributed by atoms with Crippen LogP contribution >= 0.6 is 0 Å². The summed E-state index contributed by atoms with van der Waals surface area (Å²) in [6.07, 6.45) is 0. The van der Waals surface area contributed by atoms with Crippen molar-refractivity contribution in [2.24, 2.45) is 0 Å². The van der Waals surface area contributed by atoms with E-state index in [2.05, 4.69) is 0 Å². The van der Waals surface area contributed by atoms with Gasteiger partial charge in [-0.25, -0.2) is 0 Å². The molecular formula is C8H11BO2. The molecule has 0 atom stereocenters. The van der Waals surface area contributed by atoms with Gasteiger partial charge in [0.15, 0.2) is 0 Å². The van der Waals surface area contributed by atoms with Gasteiger partial charge in [-0.3, -0.25) is 0 Å². The van der Waals surface area contributed by atoms with E-state index in [-0.39, 0.29) is 0 Å². The zero-order valence-electron chi connectivity index (χ0n) is 14.5. The molecule has 0 unspecified atom stereocenters. The molecule has 1 aromatic carbocycles. The van der Waals surface area contributed by atoms with E-state index in [0.717, 1.165) is 0 Å². The molecule has 11 heavy (non-hydrogen) atoms. The predicted molar refractivity (Wildman–Crippen MR) is 45.7 cm³/mol. The van der Waals surface area contributed by atoms with Gasteiger partial charge in [-0.2, -0.15) is 0 Å². The normalized spacial score (nSPS) is 24.0. The quantitative estimate of drug-likeness (QED) is 0.565. The molecule has 0 aliphatic heterocycles. The number of hydrogen-bond acceptors (Lipinski definition) is 2. The first-order valence-corrected chi connectivity index (χ1v) is 2.81. The van der Waals surface area contributed by atoms with Gasteiger partial charge in [0.2, 0.25) is 0 Å². The summed E-state index contributed by atoms with van der Waals surface area (Å²) < 4.78 is 66.3. The highest BCUT2D eigenvalue weighted by molar-refractivity contribution is 6.59. The van der Waals surface area contributed by atoms with Crippen molar-refractivity contribution in [1.82, 2.24) is 0 Å². The smallest absolute Gasteiger partial charge is 0.423 e. The Hall–Kier alpha value is -0.795. The average molecular weight is 159 g/mol. The molecule has 0 heterocycles. The van der Waals surface area contributed by atoms with Gasteiger partial charge in [0.1, 0.15) is 0 Å². The number of rotatable bonds is 1. The zero-order chi connectivity index (χ0) is 16.0. The van der Waals surface area contributed by atoms with Crippen LogP contribution in [0.2, 0.25) is 0 Å². The minimum Gasteiger partial charge on any atom is -0.423 e. The van der Waals surface area contributed by atoms with Crippen molar-refractivity contribution < 1.29 is 22.4 Å². The molecule has 0 aliphatic carbocycles. The highest BCUT2D eigenvalue weighted by Crippen LogP contribution is 1.99. The Labute approximate surface area is 79.3 Å². The van der Waals surface area contributed by atoms with Gasteiger partial charge < -0.3 is 10.0 Å². The summed E-state index contributed by atoms with van der Waals surface area (Å²) >= 11 is 0. The topological polar surface area (TPSA) is 40.5 Å². The molecule has 0 saturated heterocycles. The van der Waals surface area contributed by atoms with Gasteiger partial charge in [-0.1, -0.05) is 29.3 Å². The standard InChI is InChI=1S/C8H11BO2/c1-6-3-4-8(9(10)11)7(2)5-6/h3-5,10-11H,1-2H3/i1D3,2D3,3D,4D,5D. The molecule has 2 N–H and O–H groups in total. The fourth-order valence-corrected chi connectivity index (χ4v) is 0.610. The molecule has 0 aliphatic rings. The summed E-state index contributed by atoms with van der Waals surface area (Å²) in [5.74, 6) is 0. The molecule has 58 valence electrons. The Morgan fingerprint density at radius 2 is 2.27 bits per heavy atom. The van der Waals surface area contributed by atoms with Crippen LogP contribution in [0.5, 0.6) is 0 Å². The summed E-state index contributed by atoms with van der Waals surface area (Å²) in [6.45, 7) is -5.97. The van der Waals surface area contributed by atoms with Gasteiger partial charge in [0.05, 0.1) is 4.11 Å². The first-order valence-electron chi connectivity index (χ1n) is 7.31. The van der Waals surface area contributed by atoms with Crippen LogP contribution in [0.15, 0.2) is 18.1 Å². The summed E-state index contributed by atoms with van der Waals surface area (Å²) in [4.78, 5) is 0. The average Bonchev–Trinajstić information content (AvgIpc) is 2.18.